The molecule has 1 atom stereocenters. The first kappa shape index (κ1) is 28.5. The number of amides is 1. The Morgan fingerprint density at radius 2 is 1.86 bits per heavy atom. The second-order valence-electron chi connectivity index (χ2n) is 11.8. The molecule has 218 valence electrons. The lowest BCUT2D eigenvalue weighted by molar-refractivity contribution is -0.498. The fourth-order valence-corrected chi connectivity index (χ4v) is 5.93. The number of ether oxygens (including phenoxy) is 1. The van der Waals surface area contributed by atoms with Gasteiger partial charge in [-0.25, -0.2) is 9.78 Å². The van der Waals surface area contributed by atoms with Gasteiger partial charge in [0.05, 0.1) is 23.9 Å². The van der Waals surface area contributed by atoms with Crippen molar-refractivity contribution in [3.63, 3.8) is 0 Å². The zero-order chi connectivity index (χ0) is 30.2. The van der Waals surface area contributed by atoms with Crippen LogP contribution in [0, 0.1) is 13.3 Å². The highest BCUT2D eigenvalue weighted by atomic mass is 16.6. The highest BCUT2D eigenvalue weighted by Crippen LogP contribution is 2.42. The summed E-state index contributed by atoms with van der Waals surface area (Å²) in [5.41, 5.74) is 9.26. The number of allylic oxidation sites excluding steroid dienone is 2. The van der Waals surface area contributed by atoms with Crippen LogP contribution in [0.4, 0.5) is 4.79 Å². The number of H-pyrrole nitrogens is 1. The Hall–Kier alpha value is -4.65. The van der Waals surface area contributed by atoms with Crippen LogP contribution in [0.25, 0.3) is 33.9 Å². The van der Waals surface area contributed by atoms with Gasteiger partial charge in [0.15, 0.2) is 11.4 Å². The number of benzene rings is 2. The minimum absolute atomic E-state index is 0.366. The average molecular weight is 574 g/mol. The van der Waals surface area contributed by atoms with E-state index in [1.165, 1.54) is 0 Å². The molecule has 2 N–H and O–H groups in total. The van der Waals surface area contributed by atoms with Gasteiger partial charge in [0.25, 0.3) is 5.65 Å². The van der Waals surface area contributed by atoms with Gasteiger partial charge in [-0.2, -0.15) is 9.51 Å². The molecule has 0 spiro atoms. The summed E-state index contributed by atoms with van der Waals surface area (Å²) in [6, 6.07) is 21.2. The van der Waals surface area contributed by atoms with Gasteiger partial charge in [0.2, 0.25) is 5.60 Å². The van der Waals surface area contributed by atoms with Crippen molar-refractivity contribution in [3.05, 3.63) is 108 Å². The number of rotatable bonds is 8. The van der Waals surface area contributed by atoms with E-state index < -0.39 is 11.1 Å². The van der Waals surface area contributed by atoms with E-state index in [0.717, 1.165) is 81.9 Å². The van der Waals surface area contributed by atoms with Crippen LogP contribution in [0.5, 0.6) is 0 Å². The molecule has 2 aliphatic rings. The number of aryl methyl sites for hydroxylation is 1. The number of hydrogen-bond acceptors (Lipinski definition) is 4. The summed E-state index contributed by atoms with van der Waals surface area (Å²) in [5.74, 6) is 0. The molecule has 3 heterocycles. The van der Waals surface area contributed by atoms with Crippen molar-refractivity contribution < 1.29 is 13.9 Å². The second kappa shape index (κ2) is 11.2. The largest absolute Gasteiger partial charge is 0.411 e. The number of aromatic nitrogens is 2. The summed E-state index contributed by atoms with van der Waals surface area (Å²) in [6.07, 6.45) is 11.3. The predicted octanol–water partition coefficient (Wildman–Crippen LogP) is 8.60. The van der Waals surface area contributed by atoms with Gasteiger partial charge >= 0.3 is 6.09 Å². The smallest absolute Gasteiger partial charge is 0.402 e. The first-order chi connectivity index (χ1) is 20.8. The Balaban J connectivity index is 1.39. The highest BCUT2D eigenvalue weighted by molar-refractivity contribution is 5.79. The zero-order valence-corrected chi connectivity index (χ0v) is 25.6. The van der Waals surface area contributed by atoms with Crippen LogP contribution in [0.2, 0.25) is 0 Å². The van der Waals surface area contributed by atoms with Gasteiger partial charge in [-0.3, -0.25) is 0 Å². The minimum Gasteiger partial charge on any atom is -0.402 e. The van der Waals surface area contributed by atoms with Gasteiger partial charge < -0.3 is 10.1 Å². The van der Waals surface area contributed by atoms with Crippen LogP contribution in [0.15, 0.2) is 94.9 Å². The summed E-state index contributed by atoms with van der Waals surface area (Å²) >= 11 is 0. The van der Waals surface area contributed by atoms with Gasteiger partial charge in [-0.1, -0.05) is 67.6 Å². The van der Waals surface area contributed by atoms with E-state index >= 15 is 0 Å². The van der Waals surface area contributed by atoms with E-state index in [1.807, 2.05) is 52.3 Å². The van der Waals surface area contributed by atoms with E-state index in [2.05, 4.69) is 92.6 Å². The Labute approximate surface area is 253 Å². The zero-order valence-electron chi connectivity index (χ0n) is 25.6. The molecule has 2 aromatic heterocycles. The summed E-state index contributed by atoms with van der Waals surface area (Å²) in [7, 11) is 0. The maximum atomic E-state index is 13.0. The first-order valence-corrected chi connectivity index (χ1v) is 15.1. The molecule has 1 saturated carbocycles. The number of hydrogen-bond donors (Lipinski definition) is 2. The number of azo groups is 1. The number of pyridine rings is 1. The lowest BCUT2D eigenvalue weighted by Crippen LogP contribution is -2.52. The molecule has 1 fully saturated rings. The maximum Gasteiger partial charge on any atom is 0.411 e. The van der Waals surface area contributed by atoms with Crippen molar-refractivity contribution in [2.24, 2.45) is 10.2 Å². The van der Waals surface area contributed by atoms with Gasteiger partial charge in [-0.15, -0.1) is 5.11 Å². The molecule has 6 rings (SSSR count). The topological polar surface area (TPSA) is 82.9 Å². The fraction of sp³-hybridized carbons (Fsp3) is 0.306. The first-order valence-electron chi connectivity index (χ1n) is 15.1. The van der Waals surface area contributed by atoms with E-state index in [0.29, 0.717) is 0 Å². The fourth-order valence-electron chi connectivity index (χ4n) is 5.93. The number of fused-ring (bicyclic) bond motifs is 1. The van der Waals surface area contributed by atoms with Crippen molar-refractivity contribution in [1.82, 2.24) is 10.3 Å². The van der Waals surface area contributed by atoms with Crippen molar-refractivity contribution in [2.75, 3.05) is 0 Å². The van der Waals surface area contributed by atoms with E-state index in [4.69, 9.17) is 4.74 Å². The SMILES string of the molecule is CC=C1C=C(c2cc(C)c3[nH]c(-c4ccc(C5(NC(=O)OC(C)([CH+]C)CC)CCC5)cc4)c(-c4ccccc4)[n+]3c2)N=N1. The lowest BCUT2D eigenvalue weighted by atomic mass is 9.71. The van der Waals surface area contributed by atoms with Crippen LogP contribution in [0.3, 0.4) is 0 Å². The third-order valence-corrected chi connectivity index (χ3v) is 9.09. The molecule has 7 heteroatoms. The average Bonchev–Trinajstić information content (AvgIpc) is 3.65. The summed E-state index contributed by atoms with van der Waals surface area (Å²) in [4.78, 5) is 16.7. The molecule has 43 heavy (non-hydrogen) atoms. The Morgan fingerprint density at radius 3 is 2.47 bits per heavy atom. The van der Waals surface area contributed by atoms with Crippen LogP contribution < -0.4 is 9.72 Å². The lowest BCUT2D eigenvalue weighted by Gasteiger charge is -2.43. The number of aromatic amines is 1. The van der Waals surface area contributed by atoms with Crippen molar-refractivity contribution >= 4 is 17.4 Å². The van der Waals surface area contributed by atoms with Gasteiger partial charge in [-0.05, 0) is 50.8 Å². The van der Waals surface area contributed by atoms with Crippen LogP contribution in [0.1, 0.15) is 70.1 Å². The molecule has 2 aromatic carbocycles. The minimum atomic E-state index is -0.579. The number of nitrogens with zero attached hydrogens (tertiary/aromatic N) is 3. The second-order valence-corrected chi connectivity index (χ2v) is 11.8. The monoisotopic (exact) mass is 573 g/mol. The van der Waals surface area contributed by atoms with E-state index in [1.54, 1.807) is 0 Å². The van der Waals surface area contributed by atoms with Crippen molar-refractivity contribution in [1.29, 1.82) is 0 Å². The molecule has 1 aliphatic heterocycles. The Bertz CT molecular complexity index is 1750. The standard InChI is InChI=1S/C36H37N5O2/c1-6-29-22-30(40-39-29)27-21-24(4)33-37-31(32(41(33)23-27)26-13-10-9-11-14-26)25-15-17-28(18-16-25)36(19-12-20-36)38-34(42)43-35(5,7-2)8-3/h6-7,9-11,13-18,21-23H,8,12,19-20H2,1-5H3/p+2. The Morgan fingerprint density at radius 1 is 1.12 bits per heavy atom. The third-order valence-electron chi connectivity index (χ3n) is 9.09. The maximum absolute atomic E-state index is 13.0. The number of imidazole rings is 1. The number of alkyl carbamates (subject to hydrolysis) is 1. The molecule has 1 unspecified atom stereocenters. The van der Waals surface area contributed by atoms with Crippen molar-refractivity contribution in [3.8, 4) is 22.5 Å². The van der Waals surface area contributed by atoms with Gasteiger partial charge in [0, 0.05) is 35.6 Å². The van der Waals surface area contributed by atoms with Crippen LogP contribution in [-0.4, -0.2) is 16.7 Å². The number of nitrogens with one attached hydrogen (secondary N) is 2. The third kappa shape index (κ3) is 5.24. The Kier molecular flexibility index (Phi) is 7.42. The molecule has 4 aromatic rings. The number of carbonyl (C=O) groups excluding carboxylic acids is 1. The van der Waals surface area contributed by atoms with Crippen LogP contribution >= 0.6 is 0 Å². The molecular formula is C36H39N5O2+2. The molecule has 0 saturated heterocycles. The molecule has 1 amide bonds. The molecule has 1 aliphatic carbocycles. The highest BCUT2D eigenvalue weighted by Gasteiger charge is 2.43. The predicted molar refractivity (Wildman–Crippen MR) is 170 cm³/mol. The van der Waals surface area contributed by atoms with Crippen molar-refractivity contribution in [2.45, 2.75) is 71.4 Å². The summed E-state index contributed by atoms with van der Waals surface area (Å²) < 4.78 is 8.05. The molecule has 0 bridgehead atoms. The quantitative estimate of drug-likeness (QED) is 0.163. The van der Waals surface area contributed by atoms with E-state index in [9.17, 15) is 4.79 Å². The van der Waals surface area contributed by atoms with E-state index in [-0.39, 0.29) is 6.09 Å². The molecular weight excluding hydrogens is 534 g/mol. The number of carbonyl (C=O) groups is 1. The summed E-state index contributed by atoms with van der Waals surface area (Å²) in [5, 5.41) is 11.9. The molecule has 0 radical (unpaired) electrons. The summed E-state index contributed by atoms with van der Waals surface area (Å²) in [6.45, 7) is 9.98. The molecule has 7 nitrogen and oxygen atoms in total. The van der Waals surface area contributed by atoms with Crippen LogP contribution in [-0.2, 0) is 10.3 Å². The van der Waals surface area contributed by atoms with Gasteiger partial charge in [0.1, 0.15) is 12.6 Å². The normalized spacial score (nSPS) is 17.8.